The van der Waals surface area contributed by atoms with Crippen molar-refractivity contribution in [3.63, 3.8) is 0 Å². The first kappa shape index (κ1) is 15.7. The van der Waals surface area contributed by atoms with Crippen molar-refractivity contribution in [2.75, 3.05) is 6.54 Å². The van der Waals surface area contributed by atoms with E-state index in [1.54, 1.807) is 0 Å². The monoisotopic (exact) mass is 284 g/mol. The molecule has 112 valence electrons. The number of aryl methyl sites for hydroxylation is 1. The van der Waals surface area contributed by atoms with Crippen LogP contribution in [0.4, 0.5) is 0 Å². The van der Waals surface area contributed by atoms with E-state index in [2.05, 4.69) is 28.1 Å². The fourth-order valence-corrected chi connectivity index (χ4v) is 2.48. The van der Waals surface area contributed by atoms with Gasteiger partial charge in [-0.1, -0.05) is 36.4 Å². The molecule has 0 atom stereocenters. The molecule has 0 saturated carbocycles. The Balaban J connectivity index is 2.14. The third kappa shape index (κ3) is 5.29. The molecule has 3 nitrogen and oxygen atoms in total. The van der Waals surface area contributed by atoms with Gasteiger partial charge in [0.05, 0.1) is 5.60 Å². The predicted molar refractivity (Wildman–Crippen MR) is 85.8 cm³/mol. The van der Waals surface area contributed by atoms with E-state index in [0.29, 0.717) is 6.54 Å². The third-order valence-electron chi connectivity index (χ3n) is 3.37. The van der Waals surface area contributed by atoms with Gasteiger partial charge in [0.25, 0.3) is 0 Å². The van der Waals surface area contributed by atoms with E-state index in [1.807, 2.05) is 51.2 Å². The van der Waals surface area contributed by atoms with Gasteiger partial charge in [-0.15, -0.1) is 0 Å². The highest BCUT2D eigenvalue weighted by Crippen LogP contribution is 2.15. The highest BCUT2D eigenvalue weighted by molar-refractivity contribution is 5.19. The maximum absolute atomic E-state index is 10.2. The second-order valence-electron chi connectivity index (χ2n) is 6.19. The minimum atomic E-state index is -0.717. The standard InChI is InChI=1S/C18H24N2O/c1-15-17(10-7-11-19-15)13-20(14-18(2,3)21)12-16-8-5-4-6-9-16/h4-11,21H,12-14H2,1-3H3. The molecule has 1 aromatic carbocycles. The van der Waals surface area contributed by atoms with Crippen molar-refractivity contribution < 1.29 is 5.11 Å². The Morgan fingerprint density at radius 3 is 2.38 bits per heavy atom. The number of nitrogens with zero attached hydrogens (tertiary/aromatic N) is 2. The molecule has 0 fully saturated rings. The van der Waals surface area contributed by atoms with E-state index in [0.717, 1.165) is 18.8 Å². The van der Waals surface area contributed by atoms with Gasteiger partial charge in [-0.2, -0.15) is 0 Å². The molecule has 0 aliphatic heterocycles. The Kier molecular flexibility index (Phi) is 5.10. The Hall–Kier alpha value is -1.71. The fourth-order valence-electron chi connectivity index (χ4n) is 2.48. The fraction of sp³-hybridized carbons (Fsp3) is 0.389. The predicted octanol–water partition coefficient (Wildman–Crippen LogP) is 3.16. The average Bonchev–Trinajstić information content (AvgIpc) is 2.41. The Labute approximate surface area is 127 Å². The van der Waals surface area contributed by atoms with Crippen LogP contribution in [0.5, 0.6) is 0 Å². The SMILES string of the molecule is Cc1ncccc1CN(Cc1ccccc1)CC(C)(C)O. The van der Waals surface area contributed by atoms with Crippen LogP contribution in [0.15, 0.2) is 48.7 Å². The van der Waals surface area contributed by atoms with Crippen LogP contribution in [0.1, 0.15) is 30.7 Å². The molecule has 21 heavy (non-hydrogen) atoms. The van der Waals surface area contributed by atoms with Crippen LogP contribution in [-0.4, -0.2) is 27.1 Å². The van der Waals surface area contributed by atoms with Gasteiger partial charge in [-0.05, 0) is 38.0 Å². The van der Waals surface area contributed by atoms with Gasteiger partial charge in [0, 0.05) is 31.5 Å². The number of pyridine rings is 1. The van der Waals surface area contributed by atoms with Crippen LogP contribution in [0.25, 0.3) is 0 Å². The number of benzene rings is 1. The molecule has 0 radical (unpaired) electrons. The zero-order chi connectivity index (χ0) is 15.3. The molecular formula is C18H24N2O. The molecular weight excluding hydrogens is 260 g/mol. The zero-order valence-electron chi connectivity index (χ0n) is 13.1. The Morgan fingerprint density at radius 1 is 1.05 bits per heavy atom. The molecule has 1 N–H and O–H groups in total. The van der Waals surface area contributed by atoms with Crippen LogP contribution in [-0.2, 0) is 13.1 Å². The van der Waals surface area contributed by atoms with Crippen molar-refractivity contribution in [2.24, 2.45) is 0 Å². The maximum atomic E-state index is 10.2. The summed E-state index contributed by atoms with van der Waals surface area (Å²) in [7, 11) is 0. The minimum absolute atomic E-state index is 0.621. The highest BCUT2D eigenvalue weighted by atomic mass is 16.3. The number of hydrogen-bond acceptors (Lipinski definition) is 3. The molecule has 1 aromatic heterocycles. The smallest absolute Gasteiger partial charge is 0.0718 e. The lowest BCUT2D eigenvalue weighted by Gasteiger charge is -2.29. The zero-order valence-corrected chi connectivity index (χ0v) is 13.1. The topological polar surface area (TPSA) is 36.4 Å². The normalized spacial score (nSPS) is 11.9. The van der Waals surface area contributed by atoms with Crippen molar-refractivity contribution in [3.05, 3.63) is 65.5 Å². The van der Waals surface area contributed by atoms with E-state index in [-0.39, 0.29) is 0 Å². The Morgan fingerprint density at radius 2 is 1.76 bits per heavy atom. The van der Waals surface area contributed by atoms with Gasteiger partial charge in [0.2, 0.25) is 0 Å². The molecule has 2 aromatic rings. The number of hydrogen-bond donors (Lipinski definition) is 1. The first-order valence-electron chi connectivity index (χ1n) is 7.33. The summed E-state index contributed by atoms with van der Waals surface area (Å²) in [6, 6.07) is 14.4. The number of aliphatic hydroxyl groups is 1. The summed E-state index contributed by atoms with van der Waals surface area (Å²) >= 11 is 0. The summed E-state index contributed by atoms with van der Waals surface area (Å²) in [6.07, 6.45) is 1.82. The van der Waals surface area contributed by atoms with Crippen LogP contribution in [0.2, 0.25) is 0 Å². The molecule has 0 amide bonds. The number of rotatable bonds is 6. The molecule has 0 spiro atoms. The van der Waals surface area contributed by atoms with Crippen LogP contribution in [0.3, 0.4) is 0 Å². The van der Waals surface area contributed by atoms with Gasteiger partial charge in [0.15, 0.2) is 0 Å². The number of aromatic nitrogens is 1. The third-order valence-corrected chi connectivity index (χ3v) is 3.37. The van der Waals surface area contributed by atoms with Crippen molar-refractivity contribution in [2.45, 2.75) is 39.5 Å². The molecule has 0 saturated heterocycles. The average molecular weight is 284 g/mol. The van der Waals surface area contributed by atoms with Crippen LogP contribution >= 0.6 is 0 Å². The Bertz CT molecular complexity index is 561. The first-order chi connectivity index (χ1) is 9.94. The summed E-state index contributed by atoms with van der Waals surface area (Å²) in [5, 5.41) is 10.2. The van der Waals surface area contributed by atoms with Crippen LogP contribution < -0.4 is 0 Å². The minimum Gasteiger partial charge on any atom is -0.389 e. The second kappa shape index (κ2) is 6.83. The summed E-state index contributed by atoms with van der Waals surface area (Å²) in [6.45, 7) is 7.95. The van der Waals surface area contributed by atoms with E-state index in [4.69, 9.17) is 0 Å². The second-order valence-corrected chi connectivity index (χ2v) is 6.19. The van der Waals surface area contributed by atoms with Gasteiger partial charge >= 0.3 is 0 Å². The van der Waals surface area contributed by atoms with Crippen LogP contribution in [0, 0.1) is 6.92 Å². The molecule has 0 aliphatic carbocycles. The van der Waals surface area contributed by atoms with Crippen molar-refractivity contribution >= 4 is 0 Å². The largest absolute Gasteiger partial charge is 0.389 e. The van der Waals surface area contributed by atoms with Gasteiger partial charge < -0.3 is 5.11 Å². The molecule has 0 unspecified atom stereocenters. The molecule has 3 heteroatoms. The van der Waals surface area contributed by atoms with Crippen molar-refractivity contribution in [1.29, 1.82) is 0 Å². The van der Waals surface area contributed by atoms with E-state index in [1.165, 1.54) is 11.1 Å². The van der Waals surface area contributed by atoms with Crippen molar-refractivity contribution in [1.82, 2.24) is 9.88 Å². The summed E-state index contributed by atoms with van der Waals surface area (Å²) in [5.41, 5.74) is 2.79. The van der Waals surface area contributed by atoms with Gasteiger partial charge in [-0.25, -0.2) is 0 Å². The lowest BCUT2D eigenvalue weighted by Crippen LogP contribution is -2.38. The van der Waals surface area contributed by atoms with Gasteiger partial charge in [0.1, 0.15) is 0 Å². The lowest BCUT2D eigenvalue weighted by atomic mass is 10.1. The summed E-state index contributed by atoms with van der Waals surface area (Å²) in [4.78, 5) is 6.61. The molecule has 1 heterocycles. The summed E-state index contributed by atoms with van der Waals surface area (Å²) in [5.74, 6) is 0. The van der Waals surface area contributed by atoms with E-state index in [9.17, 15) is 5.11 Å². The quantitative estimate of drug-likeness (QED) is 0.885. The maximum Gasteiger partial charge on any atom is 0.0718 e. The van der Waals surface area contributed by atoms with E-state index < -0.39 is 5.60 Å². The molecule has 0 aliphatic rings. The van der Waals surface area contributed by atoms with E-state index >= 15 is 0 Å². The van der Waals surface area contributed by atoms with Crippen molar-refractivity contribution in [3.8, 4) is 0 Å². The lowest BCUT2D eigenvalue weighted by molar-refractivity contribution is 0.0306. The summed E-state index contributed by atoms with van der Waals surface area (Å²) < 4.78 is 0. The first-order valence-corrected chi connectivity index (χ1v) is 7.33. The van der Waals surface area contributed by atoms with Gasteiger partial charge in [-0.3, -0.25) is 9.88 Å². The molecule has 2 rings (SSSR count). The molecule has 0 bridgehead atoms. The highest BCUT2D eigenvalue weighted by Gasteiger charge is 2.19.